The number of pyridine rings is 1. The SMILES string of the molecule is COc1cc(NC(=O)c2ccccc2)c(-c2nc3ncccc3o2)c(OC)c1OC. The third-order valence-electron chi connectivity index (χ3n) is 4.49. The van der Waals surface area contributed by atoms with Crippen molar-refractivity contribution >= 4 is 22.8 Å². The number of amides is 1. The molecule has 0 saturated carbocycles. The Morgan fingerprint density at radius 2 is 1.73 bits per heavy atom. The number of ether oxygens (including phenoxy) is 3. The zero-order valence-electron chi connectivity index (χ0n) is 16.6. The van der Waals surface area contributed by atoms with Gasteiger partial charge in [0.2, 0.25) is 11.6 Å². The summed E-state index contributed by atoms with van der Waals surface area (Å²) >= 11 is 0. The number of methoxy groups -OCH3 is 3. The fourth-order valence-corrected chi connectivity index (χ4v) is 3.13. The van der Waals surface area contributed by atoms with Crippen molar-refractivity contribution in [3.8, 4) is 28.7 Å². The molecule has 0 aliphatic heterocycles. The number of rotatable bonds is 6. The summed E-state index contributed by atoms with van der Waals surface area (Å²) < 4.78 is 22.4. The lowest BCUT2D eigenvalue weighted by Gasteiger charge is -2.18. The molecule has 1 N–H and O–H groups in total. The van der Waals surface area contributed by atoms with Gasteiger partial charge in [-0.15, -0.1) is 0 Å². The Balaban J connectivity index is 1.92. The van der Waals surface area contributed by atoms with Crippen LogP contribution in [0.2, 0.25) is 0 Å². The summed E-state index contributed by atoms with van der Waals surface area (Å²) in [4.78, 5) is 21.5. The number of oxazole rings is 1. The first kappa shape index (κ1) is 19.3. The van der Waals surface area contributed by atoms with E-state index in [9.17, 15) is 4.79 Å². The minimum absolute atomic E-state index is 0.227. The lowest BCUT2D eigenvalue weighted by atomic mass is 10.1. The van der Waals surface area contributed by atoms with E-state index in [0.29, 0.717) is 45.3 Å². The Bertz CT molecular complexity index is 1170. The summed E-state index contributed by atoms with van der Waals surface area (Å²) in [5, 5.41) is 2.90. The number of carbonyl (C=O) groups is 1. The van der Waals surface area contributed by atoms with Crippen molar-refractivity contribution in [2.24, 2.45) is 0 Å². The van der Waals surface area contributed by atoms with Gasteiger partial charge in [-0.2, -0.15) is 4.98 Å². The van der Waals surface area contributed by atoms with Crippen LogP contribution in [0, 0.1) is 0 Å². The zero-order valence-corrected chi connectivity index (χ0v) is 16.6. The van der Waals surface area contributed by atoms with Crippen molar-refractivity contribution in [1.29, 1.82) is 0 Å². The monoisotopic (exact) mass is 405 g/mol. The van der Waals surface area contributed by atoms with Crippen LogP contribution in [0.15, 0.2) is 59.1 Å². The van der Waals surface area contributed by atoms with Crippen LogP contribution >= 0.6 is 0 Å². The molecule has 0 aliphatic rings. The first-order valence-electron chi connectivity index (χ1n) is 9.07. The van der Waals surface area contributed by atoms with Crippen molar-refractivity contribution in [1.82, 2.24) is 9.97 Å². The van der Waals surface area contributed by atoms with Gasteiger partial charge in [-0.1, -0.05) is 18.2 Å². The van der Waals surface area contributed by atoms with Gasteiger partial charge >= 0.3 is 0 Å². The van der Waals surface area contributed by atoms with Crippen LogP contribution in [0.25, 0.3) is 22.7 Å². The van der Waals surface area contributed by atoms with Crippen LogP contribution in [0.1, 0.15) is 10.4 Å². The van der Waals surface area contributed by atoms with E-state index in [0.717, 1.165) is 0 Å². The number of nitrogens with zero attached hydrogens (tertiary/aromatic N) is 2. The number of hydrogen-bond donors (Lipinski definition) is 1. The highest BCUT2D eigenvalue weighted by molar-refractivity contribution is 6.07. The van der Waals surface area contributed by atoms with Gasteiger partial charge < -0.3 is 23.9 Å². The maximum absolute atomic E-state index is 12.8. The summed E-state index contributed by atoms with van der Waals surface area (Å²) in [7, 11) is 4.49. The second kappa shape index (κ2) is 8.12. The highest BCUT2D eigenvalue weighted by atomic mass is 16.5. The number of benzene rings is 2. The first-order valence-corrected chi connectivity index (χ1v) is 9.07. The van der Waals surface area contributed by atoms with E-state index < -0.39 is 0 Å². The fraction of sp³-hybridized carbons (Fsp3) is 0.136. The predicted molar refractivity (Wildman–Crippen MR) is 111 cm³/mol. The summed E-state index contributed by atoms with van der Waals surface area (Å²) in [5.41, 5.74) is 2.24. The molecule has 0 unspecified atom stereocenters. The van der Waals surface area contributed by atoms with Crippen molar-refractivity contribution in [2.45, 2.75) is 0 Å². The molecule has 4 rings (SSSR count). The van der Waals surface area contributed by atoms with Gasteiger partial charge in [-0.05, 0) is 24.3 Å². The van der Waals surface area contributed by atoms with Crippen LogP contribution in [0.3, 0.4) is 0 Å². The molecular weight excluding hydrogens is 386 g/mol. The van der Waals surface area contributed by atoms with E-state index in [1.54, 1.807) is 48.7 Å². The van der Waals surface area contributed by atoms with Gasteiger partial charge in [-0.3, -0.25) is 4.79 Å². The molecule has 4 aromatic rings. The van der Waals surface area contributed by atoms with Crippen LogP contribution in [-0.4, -0.2) is 37.2 Å². The van der Waals surface area contributed by atoms with Crippen LogP contribution in [-0.2, 0) is 0 Å². The topological polar surface area (TPSA) is 95.7 Å². The van der Waals surface area contributed by atoms with Crippen LogP contribution in [0.4, 0.5) is 5.69 Å². The molecular formula is C22H19N3O5. The maximum Gasteiger partial charge on any atom is 0.255 e. The maximum atomic E-state index is 12.8. The highest BCUT2D eigenvalue weighted by Crippen LogP contribution is 2.49. The van der Waals surface area contributed by atoms with Crippen molar-refractivity contribution < 1.29 is 23.4 Å². The fourth-order valence-electron chi connectivity index (χ4n) is 3.13. The number of nitrogens with one attached hydrogen (secondary N) is 1. The van der Waals surface area contributed by atoms with E-state index in [1.807, 2.05) is 6.07 Å². The zero-order chi connectivity index (χ0) is 21.1. The molecule has 0 aliphatic carbocycles. The van der Waals surface area contributed by atoms with E-state index in [-0.39, 0.29) is 11.8 Å². The summed E-state index contributed by atoms with van der Waals surface area (Å²) in [5.74, 6) is 0.968. The Labute approximate surface area is 172 Å². The molecule has 0 bridgehead atoms. The van der Waals surface area contributed by atoms with Crippen molar-refractivity contribution in [3.63, 3.8) is 0 Å². The first-order chi connectivity index (χ1) is 14.7. The number of hydrogen-bond acceptors (Lipinski definition) is 7. The molecule has 2 aromatic carbocycles. The Hall–Kier alpha value is -4.07. The molecule has 0 radical (unpaired) electrons. The summed E-state index contributed by atoms with van der Waals surface area (Å²) in [6, 6.07) is 14.0. The molecule has 0 saturated heterocycles. The molecule has 30 heavy (non-hydrogen) atoms. The van der Waals surface area contributed by atoms with Crippen molar-refractivity contribution in [2.75, 3.05) is 26.6 Å². The summed E-state index contributed by atoms with van der Waals surface area (Å²) in [6.45, 7) is 0. The summed E-state index contributed by atoms with van der Waals surface area (Å²) in [6.07, 6.45) is 1.62. The van der Waals surface area contributed by atoms with E-state index in [2.05, 4.69) is 15.3 Å². The van der Waals surface area contributed by atoms with Crippen LogP contribution in [0.5, 0.6) is 17.2 Å². The largest absolute Gasteiger partial charge is 0.493 e. The highest BCUT2D eigenvalue weighted by Gasteiger charge is 2.26. The minimum atomic E-state index is -0.305. The second-order valence-corrected chi connectivity index (χ2v) is 6.23. The Morgan fingerprint density at radius 3 is 2.40 bits per heavy atom. The van der Waals surface area contributed by atoms with Gasteiger partial charge in [0.15, 0.2) is 22.7 Å². The van der Waals surface area contributed by atoms with E-state index >= 15 is 0 Å². The molecule has 152 valence electrons. The third-order valence-corrected chi connectivity index (χ3v) is 4.49. The Morgan fingerprint density at radius 1 is 0.967 bits per heavy atom. The molecule has 1 amide bonds. The van der Waals surface area contributed by atoms with E-state index in [1.165, 1.54) is 21.3 Å². The Kier molecular flexibility index (Phi) is 5.21. The van der Waals surface area contributed by atoms with Crippen molar-refractivity contribution in [3.05, 3.63) is 60.3 Å². The minimum Gasteiger partial charge on any atom is -0.493 e. The van der Waals surface area contributed by atoms with Gasteiger partial charge in [0.05, 0.1) is 27.0 Å². The number of fused-ring (bicyclic) bond motifs is 1. The lowest BCUT2D eigenvalue weighted by molar-refractivity contribution is 0.102. The average molecular weight is 405 g/mol. The molecule has 2 heterocycles. The second-order valence-electron chi connectivity index (χ2n) is 6.23. The molecule has 8 heteroatoms. The van der Waals surface area contributed by atoms with Gasteiger partial charge in [0.1, 0.15) is 5.56 Å². The van der Waals surface area contributed by atoms with Gasteiger partial charge in [0, 0.05) is 17.8 Å². The smallest absolute Gasteiger partial charge is 0.255 e. The van der Waals surface area contributed by atoms with Gasteiger partial charge in [-0.25, -0.2) is 4.98 Å². The number of carbonyl (C=O) groups excluding carboxylic acids is 1. The molecule has 8 nitrogen and oxygen atoms in total. The van der Waals surface area contributed by atoms with Crippen LogP contribution < -0.4 is 19.5 Å². The van der Waals surface area contributed by atoms with E-state index in [4.69, 9.17) is 18.6 Å². The van der Waals surface area contributed by atoms with Gasteiger partial charge in [0.25, 0.3) is 5.91 Å². The normalized spacial score (nSPS) is 10.6. The third kappa shape index (κ3) is 3.39. The average Bonchev–Trinajstić information content (AvgIpc) is 3.22. The number of aromatic nitrogens is 2. The predicted octanol–water partition coefficient (Wildman–Crippen LogP) is 4.17. The number of anilines is 1. The quantitative estimate of drug-likeness (QED) is 0.514. The molecule has 0 fully saturated rings. The molecule has 0 atom stereocenters. The lowest BCUT2D eigenvalue weighted by Crippen LogP contribution is -2.13. The molecule has 0 spiro atoms. The standard InChI is InChI=1S/C22H19N3O5/c1-27-16-12-14(24-21(26)13-8-5-4-6-9-13)17(19(29-3)18(16)28-2)22-25-20-15(30-22)10-7-11-23-20/h4-12H,1-3H3,(H,24,26). The molecule has 2 aromatic heterocycles.